The molecule has 3 aromatic heterocycles. The predicted octanol–water partition coefficient (Wildman–Crippen LogP) is 31.5. The topological polar surface area (TPSA) is 46.5 Å². The Morgan fingerprint density at radius 1 is 0.225 bits per heavy atom. The summed E-state index contributed by atoms with van der Waals surface area (Å²) in [7, 11) is 0. The fourth-order valence-electron chi connectivity index (χ4n) is 19.3. The number of furan rings is 2. The molecule has 562 valence electrons. The minimum Gasteiger partial charge on any atom is -0.455 e. The van der Waals surface area contributed by atoms with Crippen LogP contribution in [0.25, 0.3) is 172 Å². The number of rotatable bonds is 13. The number of benzene rings is 19. The molecule has 0 fully saturated rings. The van der Waals surface area contributed by atoms with Gasteiger partial charge in [0, 0.05) is 88.4 Å². The van der Waals surface area contributed by atoms with E-state index in [2.05, 4.69) is 452 Å². The lowest BCUT2D eigenvalue weighted by molar-refractivity contribution is 0.670. The summed E-state index contributed by atoms with van der Waals surface area (Å²) < 4.78 is 16.2. The lowest BCUT2D eigenvalue weighted by Gasteiger charge is -2.40. The van der Waals surface area contributed by atoms with E-state index in [1.165, 1.54) is 88.7 Å². The fraction of sp³-hybridized carbons (Fsp3) is 0.00870. The molecule has 1 unspecified atom stereocenters. The lowest BCUT2D eigenvalue weighted by Crippen LogP contribution is -2.33. The molecule has 5 heteroatoms. The minimum absolute atomic E-state index is 0.613. The van der Waals surface area contributed by atoms with E-state index in [0.29, 0.717) is 0 Å². The van der Waals surface area contributed by atoms with E-state index in [1.54, 1.807) is 0 Å². The van der Waals surface area contributed by atoms with Gasteiger partial charge in [-0.3, -0.25) is 0 Å². The maximum Gasteiger partial charge on any atom is 0.143 e. The monoisotopic (exact) mass is 1530 g/mol. The van der Waals surface area contributed by atoms with Gasteiger partial charge in [0.05, 0.1) is 27.8 Å². The van der Waals surface area contributed by atoms with Crippen molar-refractivity contribution < 1.29 is 8.83 Å². The van der Waals surface area contributed by atoms with Crippen LogP contribution in [0.2, 0.25) is 0 Å². The van der Waals surface area contributed by atoms with Crippen LogP contribution < -0.4 is 10.2 Å². The maximum atomic E-state index is 7.04. The van der Waals surface area contributed by atoms with Gasteiger partial charge in [0.2, 0.25) is 0 Å². The van der Waals surface area contributed by atoms with E-state index in [0.717, 1.165) is 134 Å². The second-order valence-corrected chi connectivity index (χ2v) is 31.3. The fourth-order valence-corrected chi connectivity index (χ4v) is 19.3. The van der Waals surface area contributed by atoms with Gasteiger partial charge < -0.3 is 23.6 Å². The highest BCUT2D eigenvalue weighted by Gasteiger charge is 2.51. The first-order valence-corrected chi connectivity index (χ1v) is 41.2. The highest BCUT2D eigenvalue weighted by atomic mass is 16.3. The van der Waals surface area contributed by atoms with Crippen molar-refractivity contribution in [3.05, 3.63) is 471 Å². The van der Waals surface area contributed by atoms with Crippen molar-refractivity contribution in [2.24, 2.45) is 0 Å². The Morgan fingerprint density at radius 3 is 1.22 bits per heavy atom. The standard InChI is InChI=1S/C73H46N2O.C42H29NO/c1-3-19-47(20-4-1)48-39-41-50(42-40-48)54-25-8-12-36-67(54)74(52-24-15-23-51(45-52)56-29-17-32-62-61-31-16-28-55(71(61)76-72(56)62)49-21-5-2-6-22-49)53-43-44-58-57-26-7-10-33-63(57)73(66(58)46-53)64-34-11-14-38-69(64)75-68-37-13-9-27-59(68)60-30-18-35-65(73)70(60)75;1-3-12-29(13-4-1)30-24-26-32(27-25-30)35-18-7-8-23-40(35)43-34-17-9-16-33(28-34)37-20-11-22-39-38-21-10-19-36(41(38)44-42(37)39)31-14-5-2-6-15-31/h1-46H;1-28,43H. The number of hydrogen-bond acceptors (Lipinski definition) is 4. The summed E-state index contributed by atoms with van der Waals surface area (Å²) in [6, 6.07) is 162. The van der Waals surface area contributed by atoms with Crippen molar-refractivity contribution in [1.29, 1.82) is 0 Å². The van der Waals surface area contributed by atoms with Gasteiger partial charge in [-0.25, -0.2) is 0 Å². The summed E-state index contributed by atoms with van der Waals surface area (Å²) in [5, 5.41) is 10.7. The van der Waals surface area contributed by atoms with Gasteiger partial charge in [-0.2, -0.15) is 0 Å². The first-order valence-electron chi connectivity index (χ1n) is 41.2. The number of anilines is 5. The first kappa shape index (κ1) is 69.7. The molecule has 2 aliphatic rings. The normalized spacial score (nSPS) is 13.0. The molecule has 1 N–H and O–H groups in total. The Labute approximate surface area is 695 Å². The van der Waals surface area contributed by atoms with Gasteiger partial charge in [-0.1, -0.05) is 388 Å². The molecule has 1 spiro atoms. The van der Waals surface area contributed by atoms with E-state index >= 15 is 0 Å². The molecule has 120 heavy (non-hydrogen) atoms. The first-order chi connectivity index (χ1) is 59.5. The van der Waals surface area contributed by atoms with Crippen molar-refractivity contribution in [2.45, 2.75) is 5.41 Å². The number of aromatic nitrogens is 1. The molecule has 0 radical (unpaired) electrons. The molecule has 19 aromatic carbocycles. The summed E-state index contributed by atoms with van der Waals surface area (Å²) in [5.74, 6) is 0. The lowest BCUT2D eigenvalue weighted by atomic mass is 9.65. The third-order valence-electron chi connectivity index (χ3n) is 24.7. The average Bonchev–Trinajstić information content (AvgIpc) is 1.49. The molecule has 0 saturated heterocycles. The van der Waals surface area contributed by atoms with Crippen LogP contribution in [0.1, 0.15) is 22.3 Å². The van der Waals surface area contributed by atoms with Crippen molar-refractivity contribution >= 4 is 94.1 Å². The highest BCUT2D eigenvalue weighted by Crippen LogP contribution is 2.62. The molecule has 24 rings (SSSR count). The van der Waals surface area contributed by atoms with Crippen LogP contribution >= 0.6 is 0 Å². The molecule has 0 bridgehead atoms. The van der Waals surface area contributed by atoms with Crippen molar-refractivity contribution in [1.82, 2.24) is 4.57 Å². The summed E-state index contributed by atoms with van der Waals surface area (Å²) in [4.78, 5) is 2.49. The molecule has 1 aliphatic heterocycles. The molecule has 5 nitrogen and oxygen atoms in total. The second kappa shape index (κ2) is 28.9. The van der Waals surface area contributed by atoms with E-state index < -0.39 is 5.41 Å². The molecular formula is C115H75N3O2. The quantitative estimate of drug-likeness (QED) is 0.125. The Balaban J connectivity index is 0.000000162. The average molecular weight is 1530 g/mol. The smallest absolute Gasteiger partial charge is 0.143 e. The summed E-state index contributed by atoms with van der Waals surface area (Å²) in [6.45, 7) is 0. The van der Waals surface area contributed by atoms with E-state index in [4.69, 9.17) is 8.83 Å². The second-order valence-electron chi connectivity index (χ2n) is 31.3. The van der Waals surface area contributed by atoms with Gasteiger partial charge >= 0.3 is 0 Å². The molecule has 0 amide bonds. The molecule has 1 aliphatic carbocycles. The van der Waals surface area contributed by atoms with E-state index in [1.807, 2.05) is 12.1 Å². The predicted molar refractivity (Wildman–Crippen MR) is 501 cm³/mol. The van der Waals surface area contributed by atoms with E-state index in [-0.39, 0.29) is 0 Å². The van der Waals surface area contributed by atoms with Gasteiger partial charge in [0.1, 0.15) is 22.3 Å². The zero-order valence-electron chi connectivity index (χ0n) is 65.4. The third-order valence-corrected chi connectivity index (χ3v) is 24.7. The largest absolute Gasteiger partial charge is 0.455 e. The van der Waals surface area contributed by atoms with Crippen LogP contribution in [-0.4, -0.2) is 4.57 Å². The minimum atomic E-state index is -0.613. The van der Waals surface area contributed by atoms with Crippen molar-refractivity contribution in [3.8, 4) is 106 Å². The summed E-state index contributed by atoms with van der Waals surface area (Å²) in [5.41, 5.74) is 37.8. The Kier molecular flexibility index (Phi) is 16.8. The van der Waals surface area contributed by atoms with E-state index in [9.17, 15) is 0 Å². The zero-order valence-corrected chi connectivity index (χ0v) is 65.4. The van der Waals surface area contributed by atoms with Gasteiger partial charge in [0.25, 0.3) is 0 Å². The molecule has 22 aromatic rings. The van der Waals surface area contributed by atoms with Gasteiger partial charge in [-0.15, -0.1) is 0 Å². The molecule has 4 heterocycles. The van der Waals surface area contributed by atoms with Gasteiger partial charge in [-0.05, 0) is 150 Å². The van der Waals surface area contributed by atoms with Crippen LogP contribution in [0.15, 0.2) is 458 Å². The third kappa shape index (κ3) is 11.5. The van der Waals surface area contributed by atoms with Crippen LogP contribution in [0.4, 0.5) is 28.4 Å². The van der Waals surface area contributed by atoms with Crippen LogP contribution in [0.3, 0.4) is 0 Å². The summed E-state index contributed by atoms with van der Waals surface area (Å²) >= 11 is 0. The zero-order chi connectivity index (χ0) is 79.2. The van der Waals surface area contributed by atoms with Crippen LogP contribution in [-0.2, 0) is 5.41 Å². The molecule has 1 atom stereocenters. The Morgan fingerprint density at radius 2 is 0.608 bits per heavy atom. The Hall–Kier alpha value is -15.8. The Bertz CT molecular complexity index is 7730. The van der Waals surface area contributed by atoms with Crippen molar-refractivity contribution in [2.75, 3.05) is 10.2 Å². The number of fused-ring (bicyclic) bond motifs is 18. The summed E-state index contributed by atoms with van der Waals surface area (Å²) in [6.07, 6.45) is 0. The number of para-hydroxylation sites is 9. The highest BCUT2D eigenvalue weighted by molar-refractivity contribution is 6.16. The van der Waals surface area contributed by atoms with Crippen LogP contribution in [0.5, 0.6) is 0 Å². The molecule has 0 saturated carbocycles. The number of nitrogens with zero attached hydrogens (tertiary/aromatic N) is 2. The van der Waals surface area contributed by atoms with Crippen LogP contribution in [0, 0.1) is 0 Å². The van der Waals surface area contributed by atoms with Gasteiger partial charge in [0.15, 0.2) is 0 Å². The van der Waals surface area contributed by atoms with Crippen molar-refractivity contribution in [3.63, 3.8) is 0 Å². The SMILES string of the molecule is c1ccc(-c2ccc(-c3ccccc3N(c3cccc(-c4cccc5c4oc4c(-c6ccccc6)cccc45)c3)c3ccc4c(c3)C3(c5ccccc5-4)c4ccccc4-n4c5ccccc5c5cccc3c54)cc2)cc1.c1ccc(-c2ccc(-c3ccccc3Nc3cccc(-c4cccc5c4oc4c(-c6ccccc6)cccc45)c3)cc2)cc1. The number of hydrogen-bond donors (Lipinski definition) is 1. The molecular weight excluding hydrogens is 1460 g/mol. The maximum absolute atomic E-state index is 7.04. The number of nitrogens with one attached hydrogen (secondary N) is 1.